The fourth-order valence-electron chi connectivity index (χ4n) is 4.51. The van der Waals surface area contributed by atoms with Crippen LogP contribution in [0.25, 0.3) is 12.2 Å². The zero-order valence-electron chi connectivity index (χ0n) is 23.7. The highest BCUT2D eigenvalue weighted by molar-refractivity contribution is 7.07. The molecule has 1 unspecified atom stereocenters. The quantitative estimate of drug-likeness (QED) is 0.231. The number of carbonyl (C=O) groups is 1. The summed E-state index contributed by atoms with van der Waals surface area (Å²) in [6.45, 7) is 8.10. The van der Waals surface area contributed by atoms with Gasteiger partial charge in [0.1, 0.15) is 0 Å². The fraction of sp³-hybridized carbons (Fsp3) is 0.344. The van der Waals surface area contributed by atoms with Crippen LogP contribution in [0.3, 0.4) is 0 Å². The number of nitrogens with zero attached hydrogens (tertiary/aromatic N) is 2. The van der Waals surface area contributed by atoms with E-state index in [-0.39, 0.29) is 11.7 Å². The van der Waals surface area contributed by atoms with E-state index >= 15 is 0 Å². The lowest BCUT2D eigenvalue weighted by Gasteiger charge is -2.26. The molecule has 0 N–H and O–H groups in total. The molecule has 0 amide bonds. The Labute approximate surface area is 238 Å². The molecular weight excluding hydrogens is 524 g/mol. The Morgan fingerprint density at radius 3 is 2.60 bits per heavy atom. The van der Waals surface area contributed by atoms with Crippen LogP contribution in [-0.4, -0.2) is 30.4 Å². The number of aromatic nitrogens is 1. The van der Waals surface area contributed by atoms with Gasteiger partial charge in [-0.15, -0.1) is 0 Å². The molecule has 0 saturated carbocycles. The van der Waals surface area contributed by atoms with E-state index < -0.39 is 12.0 Å². The Morgan fingerprint density at radius 1 is 1.12 bits per heavy atom. The van der Waals surface area contributed by atoms with Crippen molar-refractivity contribution >= 4 is 29.5 Å². The van der Waals surface area contributed by atoms with Crippen LogP contribution in [-0.2, 0) is 9.53 Å². The fourth-order valence-corrected chi connectivity index (χ4v) is 5.51. The van der Waals surface area contributed by atoms with E-state index in [4.69, 9.17) is 14.2 Å². The Morgan fingerprint density at radius 2 is 1.90 bits per heavy atom. The maximum atomic E-state index is 13.8. The van der Waals surface area contributed by atoms with Crippen LogP contribution in [0.2, 0.25) is 0 Å². The zero-order chi connectivity index (χ0) is 28.6. The van der Waals surface area contributed by atoms with Crippen molar-refractivity contribution in [2.75, 3.05) is 13.7 Å². The highest BCUT2D eigenvalue weighted by Gasteiger charge is 2.34. The van der Waals surface area contributed by atoms with Crippen molar-refractivity contribution < 1.29 is 19.0 Å². The molecule has 0 fully saturated rings. The minimum Gasteiger partial charge on any atom is -0.493 e. The third kappa shape index (κ3) is 6.62. The van der Waals surface area contributed by atoms with E-state index in [1.807, 2.05) is 60.7 Å². The number of fused-ring (bicyclic) bond motifs is 1. The highest BCUT2D eigenvalue weighted by Crippen LogP contribution is 2.36. The second kappa shape index (κ2) is 13.4. The topological polar surface area (TPSA) is 79.1 Å². The molecular formula is C32H36N2O5S. The van der Waals surface area contributed by atoms with Crippen LogP contribution in [0, 0.1) is 0 Å². The number of allylic oxidation sites excluding steroid dienone is 2. The van der Waals surface area contributed by atoms with Gasteiger partial charge in [0.05, 0.1) is 41.7 Å². The Kier molecular flexibility index (Phi) is 9.77. The molecule has 1 aromatic heterocycles. The van der Waals surface area contributed by atoms with Gasteiger partial charge in [-0.25, -0.2) is 9.79 Å². The minimum atomic E-state index is -0.731. The van der Waals surface area contributed by atoms with Crippen molar-refractivity contribution in [2.45, 2.75) is 59.1 Å². The Balaban J connectivity index is 1.81. The molecule has 8 heteroatoms. The highest BCUT2D eigenvalue weighted by atomic mass is 32.1. The van der Waals surface area contributed by atoms with Crippen LogP contribution in [0.5, 0.6) is 11.5 Å². The number of hydrogen-bond donors (Lipinski definition) is 0. The van der Waals surface area contributed by atoms with Crippen molar-refractivity contribution in [3.05, 3.63) is 96.7 Å². The van der Waals surface area contributed by atoms with E-state index in [1.165, 1.54) is 11.3 Å². The molecule has 0 radical (unpaired) electrons. The van der Waals surface area contributed by atoms with Crippen LogP contribution >= 0.6 is 11.3 Å². The predicted octanol–water partition coefficient (Wildman–Crippen LogP) is 5.43. The van der Waals surface area contributed by atoms with Crippen molar-refractivity contribution in [2.24, 2.45) is 4.99 Å². The van der Waals surface area contributed by atoms with Gasteiger partial charge >= 0.3 is 5.97 Å². The molecule has 40 heavy (non-hydrogen) atoms. The third-order valence-corrected chi connectivity index (χ3v) is 7.43. The van der Waals surface area contributed by atoms with Crippen LogP contribution in [0.15, 0.2) is 75.7 Å². The van der Waals surface area contributed by atoms with E-state index in [1.54, 1.807) is 38.5 Å². The molecule has 0 aliphatic carbocycles. The summed E-state index contributed by atoms with van der Waals surface area (Å²) in [4.78, 5) is 32.3. The van der Waals surface area contributed by atoms with Gasteiger partial charge in [-0.1, -0.05) is 79.7 Å². The second-order valence-corrected chi connectivity index (χ2v) is 10.8. The first-order valence-electron chi connectivity index (χ1n) is 13.6. The van der Waals surface area contributed by atoms with Crippen molar-refractivity contribution in [1.82, 2.24) is 4.57 Å². The van der Waals surface area contributed by atoms with Gasteiger partial charge in [-0.3, -0.25) is 9.36 Å². The van der Waals surface area contributed by atoms with Crippen LogP contribution in [0.4, 0.5) is 0 Å². The first-order valence-corrected chi connectivity index (χ1v) is 14.4. The number of carbonyl (C=O) groups excluding carboxylic acids is 1. The van der Waals surface area contributed by atoms with E-state index in [0.29, 0.717) is 44.3 Å². The first kappa shape index (κ1) is 29.1. The lowest BCUT2D eigenvalue weighted by Crippen LogP contribution is -2.40. The minimum absolute atomic E-state index is 0.229. The van der Waals surface area contributed by atoms with Gasteiger partial charge in [0.15, 0.2) is 16.3 Å². The third-order valence-electron chi connectivity index (χ3n) is 6.43. The lowest BCUT2D eigenvalue weighted by atomic mass is 9.95. The summed E-state index contributed by atoms with van der Waals surface area (Å²) in [5.41, 5.74) is 2.35. The monoisotopic (exact) mass is 560 g/mol. The van der Waals surface area contributed by atoms with Crippen LogP contribution in [0.1, 0.15) is 64.1 Å². The van der Waals surface area contributed by atoms with Gasteiger partial charge in [0.25, 0.3) is 5.56 Å². The maximum absolute atomic E-state index is 13.8. The molecule has 4 rings (SSSR count). The van der Waals surface area contributed by atoms with E-state index in [9.17, 15) is 9.59 Å². The van der Waals surface area contributed by atoms with Crippen molar-refractivity contribution in [3.8, 4) is 11.5 Å². The molecule has 7 nitrogen and oxygen atoms in total. The number of hydrogen-bond acceptors (Lipinski definition) is 7. The largest absolute Gasteiger partial charge is 0.493 e. The van der Waals surface area contributed by atoms with Crippen LogP contribution < -0.4 is 24.4 Å². The first-order chi connectivity index (χ1) is 19.3. The summed E-state index contributed by atoms with van der Waals surface area (Å²) >= 11 is 1.29. The molecule has 3 aromatic rings. The normalized spacial score (nSPS) is 15.3. The summed E-state index contributed by atoms with van der Waals surface area (Å²) in [5.74, 6) is 0.652. The molecule has 1 aliphatic heterocycles. The van der Waals surface area contributed by atoms with Gasteiger partial charge in [-0.2, -0.15) is 0 Å². The summed E-state index contributed by atoms with van der Waals surface area (Å²) in [6.07, 6.45) is 8.39. The predicted molar refractivity (Wildman–Crippen MR) is 159 cm³/mol. The number of methoxy groups -OCH3 is 1. The summed E-state index contributed by atoms with van der Waals surface area (Å²) in [6, 6.07) is 14.7. The number of rotatable bonds is 11. The molecule has 2 aromatic carbocycles. The summed E-state index contributed by atoms with van der Waals surface area (Å²) in [5, 5.41) is 0. The average Bonchev–Trinajstić information content (AvgIpc) is 3.24. The Bertz CT molecular complexity index is 1580. The molecule has 1 atom stereocenters. The molecule has 0 saturated heterocycles. The number of benzene rings is 2. The van der Waals surface area contributed by atoms with Gasteiger partial charge in [0, 0.05) is 0 Å². The molecule has 0 spiro atoms. The number of thiazole rings is 1. The molecule has 210 valence electrons. The molecule has 1 aliphatic rings. The van der Waals surface area contributed by atoms with E-state index in [0.717, 1.165) is 24.8 Å². The maximum Gasteiger partial charge on any atom is 0.338 e. The molecule has 2 heterocycles. The average molecular weight is 561 g/mol. The van der Waals surface area contributed by atoms with Crippen molar-refractivity contribution in [1.29, 1.82) is 0 Å². The number of ether oxygens (including phenoxy) is 3. The smallest absolute Gasteiger partial charge is 0.338 e. The van der Waals surface area contributed by atoms with E-state index in [2.05, 4.69) is 11.9 Å². The number of unbranched alkanes of at least 4 members (excludes halogenated alkanes) is 2. The molecule has 0 bridgehead atoms. The summed E-state index contributed by atoms with van der Waals surface area (Å²) in [7, 11) is 1.58. The van der Waals surface area contributed by atoms with Gasteiger partial charge < -0.3 is 14.2 Å². The number of esters is 1. The van der Waals surface area contributed by atoms with Gasteiger partial charge in [-0.05, 0) is 56.5 Å². The second-order valence-electron chi connectivity index (χ2n) is 9.79. The van der Waals surface area contributed by atoms with Crippen molar-refractivity contribution in [3.63, 3.8) is 0 Å². The zero-order valence-corrected chi connectivity index (χ0v) is 24.5. The lowest BCUT2D eigenvalue weighted by molar-refractivity contribution is -0.143. The SMILES string of the molecule is CCCCCOc1ccc(C2C(C(=O)OC(C)C)=C(C)N=c3s/c(=C\C=C\c4ccccc4)c(=O)n32)cc1OC. The standard InChI is InChI=1S/C32H36N2O5S/c1-6-7-11-19-38-25-18-17-24(20-26(25)37-5)29-28(31(36)39-21(2)3)22(4)33-32-34(29)30(35)27(40-32)16-12-15-23-13-9-8-10-14-23/h8-10,12-18,20-21,29H,6-7,11,19H2,1-5H3/b15-12+,27-16-. The summed E-state index contributed by atoms with van der Waals surface area (Å²) < 4.78 is 19.3. The van der Waals surface area contributed by atoms with Gasteiger partial charge in [0.2, 0.25) is 0 Å². The Hall–Kier alpha value is -3.91.